The van der Waals surface area contributed by atoms with Gasteiger partial charge in [-0.3, -0.25) is 0 Å². The molecule has 3 nitrogen and oxygen atoms in total. The molecule has 0 rings (SSSR count). The molecule has 0 aliphatic rings. The van der Waals surface area contributed by atoms with E-state index in [0.29, 0.717) is 19.3 Å². The number of carbonyl (C=O) groups excluding carboxylic acids is 1. The lowest BCUT2D eigenvalue weighted by atomic mass is 9.90. The Morgan fingerprint density at radius 3 is 1.13 bits per heavy atom. The van der Waals surface area contributed by atoms with E-state index in [0.717, 1.165) is 59.0 Å². The van der Waals surface area contributed by atoms with E-state index in [1.165, 1.54) is 12.8 Å². The molecule has 0 atom stereocenters. The molecule has 0 fully saturated rings. The molecule has 0 bridgehead atoms. The highest BCUT2D eigenvalue weighted by Gasteiger charge is 2.96. The lowest BCUT2D eigenvalue weighted by Crippen LogP contribution is -2.74. The molecule has 0 aromatic rings. The maximum atomic E-state index is 13.9. The molecule has 46 heavy (non-hydrogen) atoms. The van der Waals surface area contributed by atoms with E-state index < -0.39 is 64.8 Å². The fraction of sp³-hybridized carbons (Fsp3) is 0.962. The van der Waals surface area contributed by atoms with Crippen LogP contribution < -0.4 is 0 Å². The van der Waals surface area contributed by atoms with Crippen LogP contribution in [-0.2, 0) is 9.53 Å². The van der Waals surface area contributed by atoms with Gasteiger partial charge in [-0.1, -0.05) is 71.1 Å². The summed E-state index contributed by atoms with van der Waals surface area (Å²) in [6.07, 6.45) is -3.89. The van der Waals surface area contributed by atoms with Crippen LogP contribution in [0.15, 0.2) is 0 Å². The number of halogens is 17. The molecule has 0 aliphatic heterocycles. The Bertz CT molecular complexity index is 949. The van der Waals surface area contributed by atoms with Crippen LogP contribution in [0.1, 0.15) is 84.0 Å². The van der Waals surface area contributed by atoms with Crippen molar-refractivity contribution in [2.45, 2.75) is 132 Å². The van der Waals surface area contributed by atoms with Crippen LogP contribution >= 0.6 is 0 Å². The Hall–Kier alpha value is -1.76. The first-order valence-corrected chi connectivity index (χ1v) is 14.2. The maximum Gasteiger partial charge on any atom is 0.473 e. The van der Waals surface area contributed by atoms with Crippen LogP contribution in [0.3, 0.4) is 0 Å². The zero-order valence-corrected chi connectivity index (χ0v) is 25.1. The van der Waals surface area contributed by atoms with Crippen molar-refractivity contribution < 1.29 is 88.7 Å². The number of quaternary nitrogens is 1. The maximum absolute atomic E-state index is 13.9. The van der Waals surface area contributed by atoms with E-state index >= 15 is 0 Å². The predicted octanol–water partition coefficient (Wildman–Crippen LogP) is 10.3. The van der Waals surface area contributed by atoms with Crippen LogP contribution in [-0.4, -0.2) is 85.5 Å². The number of nitrogens with zero attached hydrogens (tertiary/aromatic N) is 1. The summed E-state index contributed by atoms with van der Waals surface area (Å²) >= 11 is 0. The van der Waals surface area contributed by atoms with Gasteiger partial charge in [0.25, 0.3) is 0 Å². The second kappa shape index (κ2) is 15.6. The summed E-state index contributed by atoms with van der Waals surface area (Å²) in [7, 11) is 2.28. The van der Waals surface area contributed by atoms with Crippen molar-refractivity contribution in [2.75, 3.05) is 27.2 Å². The molecule has 0 aromatic carbocycles. The topological polar surface area (TPSA) is 26.3 Å². The molecule has 0 unspecified atom stereocenters. The second-order valence-corrected chi connectivity index (χ2v) is 11.6. The lowest BCUT2D eigenvalue weighted by Gasteiger charge is -2.42. The molecule has 0 amide bonds. The Labute approximate surface area is 254 Å². The molecule has 20 heteroatoms. The van der Waals surface area contributed by atoms with Gasteiger partial charge >= 0.3 is 53.8 Å². The van der Waals surface area contributed by atoms with Gasteiger partial charge in [-0.25, -0.2) is 4.79 Å². The highest BCUT2D eigenvalue weighted by atomic mass is 19.4. The molecule has 0 radical (unpaired) electrons. The van der Waals surface area contributed by atoms with E-state index in [-0.39, 0.29) is 6.54 Å². The van der Waals surface area contributed by atoms with Crippen molar-refractivity contribution >= 4 is 5.97 Å². The third kappa shape index (κ3) is 9.66. The minimum absolute atomic E-state index is 0.0303. The molecule has 0 saturated carbocycles. The van der Waals surface area contributed by atoms with Gasteiger partial charge < -0.3 is 9.22 Å². The van der Waals surface area contributed by atoms with E-state index in [1.807, 2.05) is 0 Å². The fourth-order valence-electron chi connectivity index (χ4n) is 4.20. The quantitative estimate of drug-likeness (QED) is 0.0482. The van der Waals surface area contributed by atoms with Gasteiger partial charge in [0.15, 0.2) is 6.54 Å². The number of rotatable bonds is 22. The van der Waals surface area contributed by atoms with E-state index in [4.69, 9.17) is 0 Å². The zero-order valence-electron chi connectivity index (χ0n) is 25.1. The van der Waals surface area contributed by atoms with Gasteiger partial charge in [-0.05, 0) is 12.8 Å². The molecule has 0 aromatic heterocycles. The molecular formula is C26H37F17NO2+. The summed E-state index contributed by atoms with van der Waals surface area (Å²) in [4.78, 5) is 11.8. The van der Waals surface area contributed by atoms with Crippen molar-refractivity contribution in [3.63, 3.8) is 0 Å². The number of esters is 1. The van der Waals surface area contributed by atoms with E-state index in [1.54, 1.807) is 0 Å². The largest absolute Gasteiger partial charge is 0.473 e. The Balaban J connectivity index is 5.39. The first-order valence-electron chi connectivity index (χ1n) is 14.2. The van der Waals surface area contributed by atoms with Gasteiger partial charge in [0, 0.05) is 0 Å². The van der Waals surface area contributed by atoms with Crippen LogP contribution in [0.25, 0.3) is 0 Å². The fourth-order valence-corrected chi connectivity index (χ4v) is 4.20. The number of ether oxygens (including phenoxy) is 1. The van der Waals surface area contributed by atoms with Gasteiger partial charge in [0.05, 0.1) is 20.6 Å². The number of unbranched alkanes of at least 4 members (excludes halogenated alkanes) is 11. The standard InChI is InChI=1S/C26H37F17NO2/c1-4-5-6-7-8-9-10-11-12-13-14-15-16-44(2,3)17-18(45)46-26(42,43)24(37,38)22(33,34)20(29,30)19(27,28)21(31,32)23(35,36)25(39,40)41/h4-17H2,1-3H3/q+1. The van der Waals surface area contributed by atoms with E-state index in [2.05, 4.69) is 11.7 Å². The van der Waals surface area contributed by atoms with Crippen LogP contribution in [0, 0.1) is 0 Å². The minimum Gasteiger partial charge on any atom is -0.392 e. The van der Waals surface area contributed by atoms with E-state index in [9.17, 15) is 79.4 Å². The Kier molecular flexibility index (Phi) is 15.0. The highest BCUT2D eigenvalue weighted by molar-refractivity contribution is 5.71. The molecule has 0 spiro atoms. The highest BCUT2D eigenvalue weighted by Crippen LogP contribution is 2.64. The molecule has 0 aliphatic carbocycles. The first kappa shape index (κ1) is 44.2. The third-order valence-electron chi connectivity index (χ3n) is 7.11. The average molecular weight is 719 g/mol. The van der Waals surface area contributed by atoms with Gasteiger partial charge in [-0.15, -0.1) is 0 Å². The van der Waals surface area contributed by atoms with Gasteiger partial charge in [0.2, 0.25) is 0 Å². The minimum atomic E-state index is -8.74. The summed E-state index contributed by atoms with van der Waals surface area (Å²) < 4.78 is 229. The van der Waals surface area contributed by atoms with Crippen molar-refractivity contribution in [3.8, 4) is 0 Å². The molecular weight excluding hydrogens is 681 g/mol. The van der Waals surface area contributed by atoms with Crippen molar-refractivity contribution in [2.24, 2.45) is 0 Å². The van der Waals surface area contributed by atoms with Crippen molar-refractivity contribution in [3.05, 3.63) is 0 Å². The number of carbonyl (C=O) groups is 1. The normalized spacial score (nSPS) is 15.0. The molecule has 276 valence electrons. The van der Waals surface area contributed by atoms with Crippen LogP contribution in [0.5, 0.6) is 0 Å². The van der Waals surface area contributed by atoms with Crippen LogP contribution in [0.2, 0.25) is 0 Å². The molecule has 0 N–H and O–H groups in total. The predicted molar refractivity (Wildman–Crippen MR) is 130 cm³/mol. The number of alkyl halides is 17. The summed E-state index contributed by atoms with van der Waals surface area (Å²) in [5.74, 6) is -53.3. The summed E-state index contributed by atoms with van der Waals surface area (Å²) in [5, 5.41) is 0. The number of hydrogen-bond donors (Lipinski definition) is 0. The summed E-state index contributed by atoms with van der Waals surface area (Å²) in [6.45, 7) is 0.746. The lowest BCUT2D eigenvalue weighted by molar-refractivity contribution is -0.883. The third-order valence-corrected chi connectivity index (χ3v) is 7.11. The Morgan fingerprint density at radius 1 is 0.478 bits per heavy atom. The second-order valence-electron chi connectivity index (χ2n) is 11.6. The number of likely N-dealkylation sites (N-methyl/N-ethyl adjacent to an activating group) is 1. The summed E-state index contributed by atoms with van der Waals surface area (Å²) in [6, 6.07) is 0. The first-order chi connectivity index (χ1) is 20.4. The van der Waals surface area contributed by atoms with Gasteiger partial charge in [-0.2, -0.15) is 74.6 Å². The van der Waals surface area contributed by atoms with Gasteiger partial charge in [0.1, 0.15) is 0 Å². The van der Waals surface area contributed by atoms with Crippen molar-refractivity contribution in [1.82, 2.24) is 0 Å². The monoisotopic (exact) mass is 718 g/mol. The smallest absolute Gasteiger partial charge is 0.392 e. The van der Waals surface area contributed by atoms with Crippen LogP contribution in [0.4, 0.5) is 74.6 Å². The summed E-state index contributed by atoms with van der Waals surface area (Å²) in [5.41, 5.74) is 0. The van der Waals surface area contributed by atoms with Crippen molar-refractivity contribution in [1.29, 1.82) is 0 Å². The SMILES string of the molecule is CCCCCCCCCCCCCC[N+](C)(C)CC(=O)OC(F)(F)C(F)(F)C(F)(F)C(F)(F)C(F)(F)C(F)(F)C(F)(F)C(F)(F)F. The molecule has 0 saturated heterocycles. The molecule has 0 heterocycles. The Morgan fingerprint density at radius 2 is 0.783 bits per heavy atom. The average Bonchev–Trinajstić information content (AvgIpc) is 2.87. The number of hydrogen-bond acceptors (Lipinski definition) is 2. The zero-order chi connectivity index (χ0) is 36.7.